The van der Waals surface area contributed by atoms with Gasteiger partial charge in [-0.1, -0.05) is 42.2 Å². The number of amides is 1. The molecule has 0 bridgehead atoms. The van der Waals surface area contributed by atoms with Crippen molar-refractivity contribution in [2.24, 2.45) is 5.73 Å². The number of alkyl halides is 1. The number of rotatable bonds is 4. The van der Waals surface area contributed by atoms with Gasteiger partial charge in [0, 0.05) is 17.7 Å². The molecule has 0 aliphatic heterocycles. The van der Waals surface area contributed by atoms with Crippen molar-refractivity contribution in [3.05, 3.63) is 10.0 Å². The SMILES string of the molecule is N#CN(c1nc(Cl)c(C2CCCCC2)s1)C1CC(F)(C(N)=O)C1. The molecule has 2 aliphatic rings. The van der Waals surface area contributed by atoms with Crippen LogP contribution in [-0.4, -0.2) is 22.6 Å². The second-order valence-electron chi connectivity index (χ2n) is 6.35. The lowest BCUT2D eigenvalue weighted by molar-refractivity contribution is -0.135. The van der Waals surface area contributed by atoms with E-state index in [4.69, 9.17) is 17.3 Å². The molecule has 2 aliphatic carbocycles. The molecule has 8 heteroatoms. The number of primary amides is 1. The highest BCUT2D eigenvalue weighted by Crippen LogP contribution is 2.45. The number of aromatic nitrogens is 1. The van der Waals surface area contributed by atoms with Crippen LogP contribution in [0.15, 0.2) is 0 Å². The monoisotopic (exact) mass is 356 g/mol. The summed E-state index contributed by atoms with van der Waals surface area (Å²) in [4.78, 5) is 17.8. The van der Waals surface area contributed by atoms with Gasteiger partial charge in [0.15, 0.2) is 11.9 Å². The Morgan fingerprint density at radius 2 is 2.09 bits per heavy atom. The molecule has 0 saturated heterocycles. The summed E-state index contributed by atoms with van der Waals surface area (Å²) >= 11 is 7.67. The normalized spacial score (nSPS) is 28.0. The predicted molar refractivity (Wildman–Crippen MR) is 87.1 cm³/mol. The maximum absolute atomic E-state index is 14.0. The van der Waals surface area contributed by atoms with E-state index < -0.39 is 11.6 Å². The number of carbonyl (C=O) groups excluding carboxylic acids is 1. The fraction of sp³-hybridized carbons (Fsp3) is 0.667. The molecule has 5 nitrogen and oxygen atoms in total. The van der Waals surface area contributed by atoms with Crippen molar-refractivity contribution in [1.82, 2.24) is 4.98 Å². The van der Waals surface area contributed by atoms with Gasteiger partial charge in [0.2, 0.25) is 5.13 Å². The van der Waals surface area contributed by atoms with Crippen LogP contribution in [0.4, 0.5) is 9.52 Å². The van der Waals surface area contributed by atoms with Gasteiger partial charge in [0.25, 0.3) is 5.91 Å². The summed E-state index contributed by atoms with van der Waals surface area (Å²) in [6.07, 6.45) is 7.68. The minimum atomic E-state index is -2.01. The molecule has 0 radical (unpaired) electrons. The summed E-state index contributed by atoms with van der Waals surface area (Å²) in [6.45, 7) is 0. The highest BCUT2D eigenvalue weighted by atomic mass is 35.5. The Hall–Kier alpha value is -1.39. The van der Waals surface area contributed by atoms with Crippen molar-refractivity contribution in [3.8, 4) is 6.19 Å². The smallest absolute Gasteiger partial charge is 0.255 e. The first-order valence-corrected chi connectivity index (χ1v) is 8.98. The lowest BCUT2D eigenvalue weighted by Gasteiger charge is -2.41. The average Bonchev–Trinajstić information content (AvgIpc) is 2.88. The van der Waals surface area contributed by atoms with E-state index in [0.717, 1.165) is 17.7 Å². The maximum Gasteiger partial charge on any atom is 0.255 e. The van der Waals surface area contributed by atoms with E-state index in [1.807, 2.05) is 6.19 Å². The molecule has 0 atom stereocenters. The van der Waals surface area contributed by atoms with Crippen LogP contribution in [0.25, 0.3) is 0 Å². The van der Waals surface area contributed by atoms with Crippen LogP contribution in [-0.2, 0) is 4.79 Å². The number of nitriles is 1. The summed E-state index contributed by atoms with van der Waals surface area (Å²) in [5.74, 6) is -0.568. The molecule has 1 heterocycles. The zero-order chi connectivity index (χ0) is 16.6. The molecule has 0 aromatic carbocycles. The van der Waals surface area contributed by atoms with Crippen molar-refractivity contribution in [3.63, 3.8) is 0 Å². The second kappa shape index (κ2) is 6.25. The summed E-state index contributed by atoms with van der Waals surface area (Å²) in [5, 5.41) is 10.3. The van der Waals surface area contributed by atoms with Crippen LogP contribution < -0.4 is 10.6 Å². The number of hydrogen-bond donors (Lipinski definition) is 1. The van der Waals surface area contributed by atoms with Gasteiger partial charge in [-0.2, -0.15) is 5.26 Å². The topological polar surface area (TPSA) is 83.0 Å². The molecule has 0 unspecified atom stereocenters. The van der Waals surface area contributed by atoms with E-state index in [-0.39, 0.29) is 18.9 Å². The van der Waals surface area contributed by atoms with Crippen LogP contribution in [0.5, 0.6) is 0 Å². The number of nitrogens with zero attached hydrogens (tertiary/aromatic N) is 3. The Balaban J connectivity index is 1.76. The lowest BCUT2D eigenvalue weighted by atomic mass is 9.76. The van der Waals surface area contributed by atoms with E-state index in [1.54, 1.807) is 0 Å². The largest absolute Gasteiger partial charge is 0.367 e. The van der Waals surface area contributed by atoms with Crippen LogP contribution in [0.3, 0.4) is 0 Å². The van der Waals surface area contributed by atoms with Crippen molar-refractivity contribution in [2.45, 2.75) is 62.6 Å². The van der Waals surface area contributed by atoms with Crippen molar-refractivity contribution < 1.29 is 9.18 Å². The van der Waals surface area contributed by atoms with Crippen LogP contribution in [0, 0.1) is 11.5 Å². The molecule has 1 aromatic rings. The molecule has 23 heavy (non-hydrogen) atoms. The van der Waals surface area contributed by atoms with Gasteiger partial charge in [-0.15, -0.1) is 0 Å². The number of anilines is 1. The van der Waals surface area contributed by atoms with Gasteiger partial charge in [0.1, 0.15) is 5.15 Å². The van der Waals surface area contributed by atoms with Crippen molar-refractivity contribution >= 4 is 34.0 Å². The quantitative estimate of drug-likeness (QED) is 0.661. The van der Waals surface area contributed by atoms with Crippen LogP contribution in [0.1, 0.15) is 55.7 Å². The minimum absolute atomic E-state index is 0.0775. The standard InChI is InChI=1S/C15H18ClFN4OS/c16-12-11(9-4-2-1-3-5-9)23-14(20-12)21(8-18)10-6-15(17,7-10)13(19)22/h9-10H,1-7H2,(H2,19,22). The predicted octanol–water partition coefficient (Wildman–Crippen LogP) is 3.49. The number of nitrogens with two attached hydrogens (primary N) is 1. The number of carbonyl (C=O) groups is 1. The Bertz CT molecular complexity index is 646. The first-order valence-electron chi connectivity index (χ1n) is 7.78. The molecule has 3 rings (SSSR count). The number of halogens is 2. The fourth-order valence-corrected chi connectivity index (χ4v) is 4.93. The third-order valence-corrected chi connectivity index (χ3v) is 6.43. The summed E-state index contributed by atoms with van der Waals surface area (Å²) < 4.78 is 14.0. The number of hydrogen-bond acceptors (Lipinski definition) is 5. The zero-order valence-electron chi connectivity index (χ0n) is 12.6. The molecule has 2 N–H and O–H groups in total. The molecule has 124 valence electrons. The molecule has 1 amide bonds. The fourth-order valence-electron chi connectivity index (χ4n) is 3.37. The van der Waals surface area contributed by atoms with Crippen molar-refractivity contribution in [1.29, 1.82) is 5.26 Å². The van der Waals surface area contributed by atoms with Gasteiger partial charge < -0.3 is 5.73 Å². The average molecular weight is 357 g/mol. The maximum atomic E-state index is 14.0. The molecule has 2 fully saturated rings. The van der Waals surface area contributed by atoms with Gasteiger partial charge in [-0.3, -0.25) is 9.69 Å². The summed E-state index contributed by atoms with van der Waals surface area (Å²) in [5.41, 5.74) is 3.04. The summed E-state index contributed by atoms with van der Waals surface area (Å²) in [6, 6.07) is -0.390. The second-order valence-corrected chi connectivity index (χ2v) is 7.72. The van der Waals surface area contributed by atoms with E-state index in [0.29, 0.717) is 16.2 Å². The lowest BCUT2D eigenvalue weighted by Crippen LogP contribution is -2.58. The first kappa shape index (κ1) is 16.5. The summed E-state index contributed by atoms with van der Waals surface area (Å²) in [7, 11) is 0. The molecular weight excluding hydrogens is 339 g/mol. The van der Waals surface area contributed by atoms with Crippen LogP contribution in [0.2, 0.25) is 5.15 Å². The first-order chi connectivity index (χ1) is 10.9. The minimum Gasteiger partial charge on any atom is -0.367 e. The van der Waals surface area contributed by atoms with Gasteiger partial charge in [-0.05, 0) is 18.8 Å². The number of thiazole rings is 1. The van der Waals surface area contributed by atoms with E-state index >= 15 is 0 Å². The van der Waals surface area contributed by atoms with E-state index in [1.165, 1.54) is 35.5 Å². The Labute approximate surface area is 143 Å². The highest BCUT2D eigenvalue weighted by molar-refractivity contribution is 7.16. The van der Waals surface area contributed by atoms with Crippen molar-refractivity contribution in [2.75, 3.05) is 4.90 Å². The molecule has 1 aromatic heterocycles. The van der Waals surface area contributed by atoms with E-state index in [2.05, 4.69) is 4.98 Å². The third kappa shape index (κ3) is 3.02. The Kier molecular flexibility index (Phi) is 4.47. The van der Waals surface area contributed by atoms with E-state index in [9.17, 15) is 14.4 Å². The Morgan fingerprint density at radius 3 is 2.65 bits per heavy atom. The van der Waals surface area contributed by atoms with Gasteiger partial charge >= 0.3 is 0 Å². The zero-order valence-corrected chi connectivity index (χ0v) is 14.2. The third-order valence-electron chi connectivity index (χ3n) is 4.81. The highest BCUT2D eigenvalue weighted by Gasteiger charge is 2.52. The van der Waals surface area contributed by atoms with Gasteiger partial charge in [0.05, 0.1) is 6.04 Å². The van der Waals surface area contributed by atoms with Crippen LogP contribution >= 0.6 is 22.9 Å². The molecule has 0 spiro atoms. The molecule has 2 saturated carbocycles. The Morgan fingerprint density at radius 1 is 1.43 bits per heavy atom. The molecular formula is C15H18ClFN4OS. The van der Waals surface area contributed by atoms with Gasteiger partial charge in [-0.25, -0.2) is 9.37 Å².